The van der Waals surface area contributed by atoms with Crippen LogP contribution in [0, 0.1) is 0 Å². The zero-order chi connectivity index (χ0) is 19.7. The molecule has 0 fully saturated rings. The number of para-hydroxylation sites is 1. The van der Waals surface area contributed by atoms with E-state index in [1.54, 1.807) is 23.1 Å². The number of nitrogens with zero attached hydrogens (tertiary/aromatic N) is 1. The molecule has 0 radical (unpaired) electrons. The number of halogens is 2. The van der Waals surface area contributed by atoms with Crippen molar-refractivity contribution in [2.75, 3.05) is 10.2 Å². The fourth-order valence-corrected chi connectivity index (χ4v) is 4.12. The van der Waals surface area contributed by atoms with Crippen LogP contribution in [-0.2, 0) is 16.1 Å². The summed E-state index contributed by atoms with van der Waals surface area (Å²) in [6.07, 6.45) is 0.155. The lowest BCUT2D eigenvalue weighted by Gasteiger charge is -2.39. The van der Waals surface area contributed by atoms with Crippen molar-refractivity contribution in [3.8, 4) is 0 Å². The van der Waals surface area contributed by atoms with Crippen LogP contribution >= 0.6 is 23.2 Å². The van der Waals surface area contributed by atoms with Crippen molar-refractivity contribution in [1.29, 1.82) is 0 Å². The zero-order valence-electron chi connectivity index (χ0n) is 14.6. The molecule has 2 aromatic carbocycles. The molecule has 0 unspecified atom stereocenters. The van der Waals surface area contributed by atoms with Crippen molar-refractivity contribution in [1.82, 2.24) is 0 Å². The predicted octanol–water partition coefficient (Wildman–Crippen LogP) is 3.82. The quantitative estimate of drug-likeness (QED) is 0.715. The highest BCUT2D eigenvalue weighted by molar-refractivity contribution is 6.35. The molecule has 0 aliphatic carbocycles. The lowest BCUT2D eigenvalue weighted by atomic mass is 9.90. The summed E-state index contributed by atoms with van der Waals surface area (Å²) in [7, 11) is 0. The van der Waals surface area contributed by atoms with Gasteiger partial charge in [0.1, 0.15) is 6.04 Å². The SMILES string of the molecule is CC(=O)N(c1ccccc1CN)[C@@H]1C[C@@H](C(=O)O)Nc2cc(Cl)cc(Cl)c21. The highest BCUT2D eigenvalue weighted by atomic mass is 35.5. The van der Waals surface area contributed by atoms with Gasteiger partial charge in [0.2, 0.25) is 5.91 Å². The number of carboxylic acids is 1. The summed E-state index contributed by atoms with van der Waals surface area (Å²) >= 11 is 12.5. The minimum Gasteiger partial charge on any atom is -0.480 e. The summed E-state index contributed by atoms with van der Waals surface area (Å²) in [6, 6.07) is 9.04. The number of rotatable bonds is 4. The lowest BCUT2D eigenvalue weighted by Crippen LogP contribution is -2.43. The zero-order valence-corrected chi connectivity index (χ0v) is 16.1. The van der Waals surface area contributed by atoms with Crippen LogP contribution in [-0.4, -0.2) is 23.0 Å². The van der Waals surface area contributed by atoms with E-state index >= 15 is 0 Å². The molecule has 8 heteroatoms. The van der Waals surface area contributed by atoms with E-state index in [1.807, 2.05) is 18.2 Å². The molecule has 0 aromatic heterocycles. The molecule has 1 amide bonds. The number of amides is 1. The average molecular weight is 408 g/mol. The van der Waals surface area contributed by atoms with Crippen molar-refractivity contribution in [3.63, 3.8) is 0 Å². The van der Waals surface area contributed by atoms with Crippen molar-refractivity contribution in [2.45, 2.75) is 32.0 Å². The van der Waals surface area contributed by atoms with Crippen LogP contribution in [0.25, 0.3) is 0 Å². The molecule has 0 bridgehead atoms. The van der Waals surface area contributed by atoms with Gasteiger partial charge in [-0.05, 0) is 23.8 Å². The molecule has 2 atom stereocenters. The Morgan fingerprint density at radius 3 is 2.63 bits per heavy atom. The summed E-state index contributed by atoms with van der Waals surface area (Å²) in [6.45, 7) is 1.68. The normalized spacial score (nSPS) is 18.4. The molecule has 142 valence electrons. The van der Waals surface area contributed by atoms with Gasteiger partial charge in [-0.15, -0.1) is 0 Å². The van der Waals surface area contributed by atoms with Crippen molar-refractivity contribution < 1.29 is 14.7 Å². The van der Waals surface area contributed by atoms with E-state index in [9.17, 15) is 14.7 Å². The van der Waals surface area contributed by atoms with Gasteiger partial charge in [0.15, 0.2) is 0 Å². The lowest BCUT2D eigenvalue weighted by molar-refractivity contribution is -0.138. The summed E-state index contributed by atoms with van der Waals surface area (Å²) in [4.78, 5) is 25.9. The van der Waals surface area contributed by atoms with Crippen LogP contribution in [0.1, 0.15) is 30.5 Å². The Morgan fingerprint density at radius 1 is 1.30 bits per heavy atom. The second-order valence-electron chi connectivity index (χ2n) is 6.36. The molecule has 0 saturated carbocycles. The first-order valence-electron chi connectivity index (χ1n) is 8.39. The van der Waals surface area contributed by atoms with Crippen LogP contribution < -0.4 is 16.0 Å². The van der Waals surface area contributed by atoms with Gasteiger partial charge in [-0.2, -0.15) is 0 Å². The molecule has 6 nitrogen and oxygen atoms in total. The van der Waals surface area contributed by atoms with Crippen LogP contribution in [0.4, 0.5) is 11.4 Å². The second kappa shape index (κ2) is 7.76. The maximum Gasteiger partial charge on any atom is 0.326 e. The van der Waals surface area contributed by atoms with Gasteiger partial charge in [0.25, 0.3) is 0 Å². The number of aliphatic carboxylic acids is 1. The second-order valence-corrected chi connectivity index (χ2v) is 7.20. The molecular weight excluding hydrogens is 389 g/mol. The first kappa shape index (κ1) is 19.5. The first-order valence-corrected chi connectivity index (χ1v) is 9.15. The Morgan fingerprint density at radius 2 is 2.00 bits per heavy atom. The molecular formula is C19H19Cl2N3O3. The molecule has 1 aliphatic heterocycles. The molecule has 0 spiro atoms. The third kappa shape index (κ3) is 3.74. The van der Waals surface area contributed by atoms with Gasteiger partial charge < -0.3 is 21.1 Å². The van der Waals surface area contributed by atoms with Gasteiger partial charge in [-0.1, -0.05) is 41.4 Å². The van der Waals surface area contributed by atoms with E-state index in [1.165, 1.54) is 6.92 Å². The number of fused-ring (bicyclic) bond motifs is 1. The molecule has 0 saturated heterocycles. The van der Waals surface area contributed by atoms with Crippen LogP contribution in [0.2, 0.25) is 10.0 Å². The summed E-state index contributed by atoms with van der Waals surface area (Å²) in [5, 5.41) is 13.3. The number of benzene rings is 2. The Labute approximate surface area is 166 Å². The summed E-state index contributed by atoms with van der Waals surface area (Å²) in [5.74, 6) is -1.25. The Hall–Kier alpha value is -2.28. The standard InChI is InChI=1S/C19H19Cl2N3O3/c1-10(25)24(16-5-3-2-4-11(16)9-22)17-8-15(19(26)27)23-14-7-12(20)6-13(21)18(14)17/h2-7,15,17,23H,8-9,22H2,1H3,(H,26,27)/t15-,17+/m0/s1. The minimum absolute atomic E-state index is 0.155. The van der Waals surface area contributed by atoms with Crippen LogP contribution in [0.3, 0.4) is 0 Å². The maximum atomic E-state index is 12.6. The Balaban J connectivity index is 2.20. The highest BCUT2D eigenvalue weighted by Crippen LogP contribution is 2.44. The van der Waals surface area contributed by atoms with E-state index in [0.29, 0.717) is 27.0 Å². The van der Waals surface area contributed by atoms with Gasteiger partial charge in [0, 0.05) is 46.9 Å². The number of hydrogen-bond acceptors (Lipinski definition) is 4. The van der Waals surface area contributed by atoms with Gasteiger partial charge in [0.05, 0.1) is 6.04 Å². The fourth-order valence-electron chi connectivity index (χ4n) is 3.50. The van der Waals surface area contributed by atoms with E-state index in [4.69, 9.17) is 28.9 Å². The molecule has 4 N–H and O–H groups in total. The van der Waals surface area contributed by atoms with Crippen LogP contribution in [0.5, 0.6) is 0 Å². The number of carbonyl (C=O) groups excluding carboxylic acids is 1. The number of carbonyl (C=O) groups is 2. The largest absolute Gasteiger partial charge is 0.480 e. The van der Waals surface area contributed by atoms with E-state index in [2.05, 4.69) is 5.32 Å². The summed E-state index contributed by atoms with van der Waals surface area (Å²) < 4.78 is 0. The van der Waals surface area contributed by atoms with Crippen molar-refractivity contribution >= 4 is 46.5 Å². The number of carboxylic acid groups (broad SMARTS) is 1. The monoisotopic (exact) mass is 407 g/mol. The number of nitrogens with two attached hydrogens (primary N) is 1. The topological polar surface area (TPSA) is 95.7 Å². The van der Waals surface area contributed by atoms with Gasteiger partial charge in [-0.3, -0.25) is 4.79 Å². The Kier molecular flexibility index (Phi) is 5.60. The van der Waals surface area contributed by atoms with Gasteiger partial charge >= 0.3 is 5.97 Å². The Bertz CT molecular complexity index is 904. The third-order valence-corrected chi connectivity index (χ3v) is 5.17. The predicted molar refractivity (Wildman–Crippen MR) is 106 cm³/mol. The summed E-state index contributed by atoms with van der Waals surface area (Å²) in [5.41, 5.74) is 8.42. The van der Waals surface area contributed by atoms with E-state index in [0.717, 1.165) is 5.56 Å². The van der Waals surface area contributed by atoms with Gasteiger partial charge in [-0.25, -0.2) is 4.79 Å². The first-order chi connectivity index (χ1) is 12.8. The number of anilines is 2. The average Bonchev–Trinajstić information content (AvgIpc) is 2.61. The smallest absolute Gasteiger partial charge is 0.326 e. The third-order valence-electron chi connectivity index (χ3n) is 4.64. The molecule has 27 heavy (non-hydrogen) atoms. The van der Waals surface area contributed by atoms with E-state index < -0.39 is 18.1 Å². The molecule has 2 aromatic rings. The van der Waals surface area contributed by atoms with Crippen molar-refractivity contribution in [2.24, 2.45) is 5.73 Å². The van der Waals surface area contributed by atoms with E-state index in [-0.39, 0.29) is 18.9 Å². The van der Waals surface area contributed by atoms with Crippen molar-refractivity contribution in [3.05, 3.63) is 57.6 Å². The number of hydrogen-bond donors (Lipinski definition) is 3. The highest BCUT2D eigenvalue weighted by Gasteiger charge is 2.38. The number of nitrogens with one attached hydrogen (secondary N) is 1. The van der Waals surface area contributed by atoms with Crippen LogP contribution in [0.15, 0.2) is 36.4 Å². The molecule has 1 heterocycles. The fraction of sp³-hybridized carbons (Fsp3) is 0.263. The minimum atomic E-state index is -1.02. The molecule has 3 rings (SSSR count). The maximum absolute atomic E-state index is 12.6. The molecule has 1 aliphatic rings.